The van der Waals surface area contributed by atoms with Crippen molar-refractivity contribution in [2.75, 3.05) is 25.2 Å². The lowest BCUT2D eigenvalue weighted by atomic mass is 10.1. The Balaban J connectivity index is 1.88. The Labute approximate surface area is 130 Å². The van der Waals surface area contributed by atoms with E-state index in [-0.39, 0.29) is 0 Å². The van der Waals surface area contributed by atoms with Crippen LogP contribution in [-0.4, -0.2) is 19.5 Å². The molecule has 0 bridgehead atoms. The van der Waals surface area contributed by atoms with Gasteiger partial charge in [-0.1, -0.05) is 12.1 Å². The Morgan fingerprint density at radius 2 is 1.90 bits per heavy atom. The number of hydrogen-bond donors (Lipinski definition) is 1. The molecular formula is C17H21NO2S. The van der Waals surface area contributed by atoms with Crippen LogP contribution >= 0.6 is 11.8 Å². The highest BCUT2D eigenvalue weighted by atomic mass is 32.2. The third-order valence-electron chi connectivity index (χ3n) is 3.16. The highest BCUT2D eigenvalue weighted by Gasteiger charge is 2.04. The third-order valence-corrected chi connectivity index (χ3v) is 4.20. The molecule has 0 fully saturated rings. The van der Waals surface area contributed by atoms with Crippen molar-refractivity contribution in [1.82, 2.24) is 0 Å². The summed E-state index contributed by atoms with van der Waals surface area (Å²) >= 11 is 1.68. The predicted octanol–water partition coefficient (Wildman–Crippen LogP) is 4.07. The first kappa shape index (κ1) is 15.6. The molecule has 2 rings (SSSR count). The zero-order valence-corrected chi connectivity index (χ0v) is 13.5. The molecule has 4 heteroatoms. The number of aryl methyl sites for hydroxylation is 2. The van der Waals surface area contributed by atoms with Crippen LogP contribution in [0.3, 0.4) is 0 Å². The van der Waals surface area contributed by atoms with E-state index in [9.17, 15) is 0 Å². The van der Waals surface area contributed by atoms with Crippen LogP contribution in [0.1, 0.15) is 11.1 Å². The summed E-state index contributed by atoms with van der Waals surface area (Å²) in [6, 6.07) is 11.9. The van der Waals surface area contributed by atoms with Gasteiger partial charge in [0.1, 0.15) is 11.5 Å². The van der Waals surface area contributed by atoms with Crippen molar-refractivity contribution in [3.63, 3.8) is 0 Å². The molecule has 0 spiro atoms. The molecule has 0 aromatic heterocycles. The van der Waals surface area contributed by atoms with Crippen LogP contribution in [-0.2, 0) is 0 Å². The van der Waals surface area contributed by atoms with Gasteiger partial charge in [0, 0.05) is 16.3 Å². The van der Waals surface area contributed by atoms with E-state index < -0.39 is 0 Å². The first-order chi connectivity index (χ1) is 10.1. The average Bonchev–Trinajstić information content (AvgIpc) is 2.48. The first-order valence-electron chi connectivity index (χ1n) is 6.86. The van der Waals surface area contributed by atoms with E-state index in [0.29, 0.717) is 6.61 Å². The lowest BCUT2D eigenvalue weighted by Gasteiger charge is -2.11. The van der Waals surface area contributed by atoms with Gasteiger partial charge in [0.2, 0.25) is 0 Å². The molecule has 2 N–H and O–H groups in total. The molecule has 112 valence electrons. The van der Waals surface area contributed by atoms with Gasteiger partial charge in [-0.2, -0.15) is 0 Å². The first-order valence-corrected chi connectivity index (χ1v) is 7.85. The molecular weight excluding hydrogens is 282 g/mol. The van der Waals surface area contributed by atoms with Crippen LogP contribution in [0.5, 0.6) is 11.5 Å². The van der Waals surface area contributed by atoms with Crippen LogP contribution in [0, 0.1) is 13.8 Å². The minimum atomic E-state index is 0.644. The van der Waals surface area contributed by atoms with Gasteiger partial charge in [-0.25, -0.2) is 0 Å². The van der Waals surface area contributed by atoms with E-state index >= 15 is 0 Å². The second kappa shape index (κ2) is 7.27. The van der Waals surface area contributed by atoms with Crippen molar-refractivity contribution in [2.45, 2.75) is 18.7 Å². The maximum Gasteiger partial charge on any atom is 0.122 e. The topological polar surface area (TPSA) is 44.5 Å². The van der Waals surface area contributed by atoms with Crippen molar-refractivity contribution >= 4 is 17.4 Å². The summed E-state index contributed by atoms with van der Waals surface area (Å²) in [6.45, 7) is 4.77. The standard InChI is InChI=1S/C17H21NO2S/c1-12-4-5-13(2)16(10-12)20-8-9-21-17-11-14(19-3)6-7-15(17)18/h4-7,10-11H,8-9,18H2,1-3H3. The smallest absolute Gasteiger partial charge is 0.122 e. The number of ether oxygens (including phenoxy) is 2. The number of nitrogens with two attached hydrogens (primary N) is 1. The second-order valence-corrected chi connectivity index (χ2v) is 6.01. The molecule has 0 saturated heterocycles. The molecule has 0 saturated carbocycles. The maximum absolute atomic E-state index is 5.96. The van der Waals surface area contributed by atoms with Gasteiger partial charge >= 0.3 is 0 Å². The number of benzene rings is 2. The summed E-state index contributed by atoms with van der Waals surface area (Å²) < 4.78 is 11.1. The van der Waals surface area contributed by atoms with Gasteiger partial charge in [0.15, 0.2) is 0 Å². The minimum Gasteiger partial charge on any atom is -0.497 e. The molecule has 2 aromatic rings. The fourth-order valence-corrected chi connectivity index (χ4v) is 2.75. The lowest BCUT2D eigenvalue weighted by molar-refractivity contribution is 0.341. The Kier molecular flexibility index (Phi) is 5.39. The van der Waals surface area contributed by atoms with Gasteiger partial charge in [-0.05, 0) is 49.2 Å². The van der Waals surface area contributed by atoms with Crippen molar-refractivity contribution in [2.24, 2.45) is 0 Å². The summed E-state index contributed by atoms with van der Waals surface area (Å²) in [4.78, 5) is 1.03. The van der Waals surface area contributed by atoms with Gasteiger partial charge in [0.25, 0.3) is 0 Å². The van der Waals surface area contributed by atoms with Gasteiger partial charge in [-0.3, -0.25) is 0 Å². The highest BCUT2D eigenvalue weighted by molar-refractivity contribution is 7.99. The summed E-state index contributed by atoms with van der Waals surface area (Å²) in [7, 11) is 1.66. The fraction of sp³-hybridized carbons (Fsp3) is 0.294. The number of nitrogen functional groups attached to an aromatic ring is 1. The van der Waals surface area contributed by atoms with E-state index in [1.54, 1.807) is 18.9 Å². The quantitative estimate of drug-likeness (QED) is 0.496. The average molecular weight is 303 g/mol. The molecule has 0 atom stereocenters. The van der Waals surface area contributed by atoms with Crippen LogP contribution < -0.4 is 15.2 Å². The number of methoxy groups -OCH3 is 1. The predicted molar refractivity (Wildman–Crippen MR) is 89.5 cm³/mol. The largest absolute Gasteiger partial charge is 0.497 e. The summed E-state index contributed by atoms with van der Waals surface area (Å²) in [5.41, 5.74) is 9.10. The molecule has 0 unspecified atom stereocenters. The Morgan fingerprint density at radius 3 is 2.67 bits per heavy atom. The van der Waals surface area contributed by atoms with Crippen molar-refractivity contribution in [1.29, 1.82) is 0 Å². The molecule has 3 nitrogen and oxygen atoms in total. The molecule has 2 aromatic carbocycles. The second-order valence-electron chi connectivity index (χ2n) is 4.87. The van der Waals surface area contributed by atoms with E-state index in [0.717, 1.165) is 33.4 Å². The van der Waals surface area contributed by atoms with Crippen molar-refractivity contribution in [3.05, 3.63) is 47.5 Å². The zero-order chi connectivity index (χ0) is 15.2. The van der Waals surface area contributed by atoms with Crippen molar-refractivity contribution < 1.29 is 9.47 Å². The number of hydrogen-bond acceptors (Lipinski definition) is 4. The number of thioether (sulfide) groups is 1. The van der Waals surface area contributed by atoms with E-state index in [1.807, 2.05) is 18.2 Å². The van der Waals surface area contributed by atoms with Crippen LogP contribution in [0.15, 0.2) is 41.3 Å². The Hall–Kier alpha value is -1.81. The van der Waals surface area contributed by atoms with Crippen LogP contribution in [0.25, 0.3) is 0 Å². The van der Waals surface area contributed by atoms with E-state index in [1.165, 1.54) is 5.56 Å². The molecule has 21 heavy (non-hydrogen) atoms. The molecule has 0 aliphatic heterocycles. The molecule has 0 aliphatic carbocycles. The summed E-state index contributed by atoms with van der Waals surface area (Å²) in [5.74, 6) is 2.61. The number of anilines is 1. The lowest BCUT2D eigenvalue weighted by Crippen LogP contribution is -2.02. The van der Waals surface area contributed by atoms with Crippen molar-refractivity contribution in [3.8, 4) is 11.5 Å². The normalized spacial score (nSPS) is 10.4. The SMILES string of the molecule is COc1ccc(N)c(SCCOc2cc(C)ccc2C)c1. The molecule has 0 radical (unpaired) electrons. The Morgan fingerprint density at radius 1 is 1.10 bits per heavy atom. The third kappa shape index (κ3) is 4.33. The monoisotopic (exact) mass is 303 g/mol. The van der Waals surface area contributed by atoms with Gasteiger partial charge in [-0.15, -0.1) is 11.8 Å². The summed E-state index contributed by atoms with van der Waals surface area (Å²) in [5, 5.41) is 0. The maximum atomic E-state index is 5.96. The fourth-order valence-electron chi connectivity index (χ4n) is 1.93. The molecule has 0 heterocycles. The van der Waals surface area contributed by atoms with Crippen LogP contribution in [0.4, 0.5) is 5.69 Å². The minimum absolute atomic E-state index is 0.644. The molecule has 0 aliphatic rings. The Bertz CT molecular complexity index is 614. The number of rotatable bonds is 6. The highest BCUT2D eigenvalue weighted by Crippen LogP contribution is 2.29. The van der Waals surface area contributed by atoms with Gasteiger partial charge in [0.05, 0.1) is 13.7 Å². The van der Waals surface area contributed by atoms with E-state index in [4.69, 9.17) is 15.2 Å². The summed E-state index contributed by atoms with van der Waals surface area (Å²) in [6.07, 6.45) is 0. The zero-order valence-electron chi connectivity index (χ0n) is 12.7. The molecule has 0 amide bonds. The van der Waals surface area contributed by atoms with E-state index in [2.05, 4.69) is 32.0 Å². The van der Waals surface area contributed by atoms with Crippen LogP contribution in [0.2, 0.25) is 0 Å². The van der Waals surface area contributed by atoms with Gasteiger partial charge < -0.3 is 15.2 Å².